The second kappa shape index (κ2) is 6.26. The molecule has 58 valence electrons. The number of carbonyl (C=O) groups excluding carboxylic acids is 1. The molecule has 3 nitrogen and oxygen atoms in total. The highest BCUT2D eigenvalue weighted by Crippen LogP contribution is 1.79. The van der Waals surface area contributed by atoms with Crippen LogP contribution in [0, 0.1) is 0 Å². The molecule has 0 saturated heterocycles. The SMILES string of the molecule is CC/N=C\N(C)CCC=O. The fourth-order valence-electron chi connectivity index (χ4n) is 0.535. The van der Waals surface area contributed by atoms with Gasteiger partial charge < -0.3 is 9.69 Å². The molecule has 0 rings (SSSR count). The highest BCUT2D eigenvalue weighted by Gasteiger charge is 1.87. The first-order valence-electron chi connectivity index (χ1n) is 3.45. The van der Waals surface area contributed by atoms with Crippen LogP contribution in [-0.4, -0.2) is 37.7 Å². The Bertz CT molecular complexity index is 112. The van der Waals surface area contributed by atoms with Crippen LogP contribution in [0.4, 0.5) is 0 Å². The second-order valence-corrected chi connectivity index (χ2v) is 2.05. The van der Waals surface area contributed by atoms with Gasteiger partial charge in [-0.3, -0.25) is 4.99 Å². The first-order chi connectivity index (χ1) is 4.81. The van der Waals surface area contributed by atoms with E-state index in [1.54, 1.807) is 6.34 Å². The Labute approximate surface area is 61.7 Å². The predicted molar refractivity (Wildman–Crippen MR) is 42.3 cm³/mol. The minimum absolute atomic E-state index is 0.576. The van der Waals surface area contributed by atoms with Gasteiger partial charge in [0.05, 0.1) is 6.34 Å². The molecule has 0 amide bonds. The van der Waals surface area contributed by atoms with Crippen molar-refractivity contribution in [2.45, 2.75) is 13.3 Å². The van der Waals surface area contributed by atoms with E-state index in [1.165, 1.54) is 0 Å². The topological polar surface area (TPSA) is 32.7 Å². The minimum Gasteiger partial charge on any atom is -0.366 e. The van der Waals surface area contributed by atoms with Gasteiger partial charge in [-0.15, -0.1) is 0 Å². The summed E-state index contributed by atoms with van der Waals surface area (Å²) < 4.78 is 0. The molecule has 0 radical (unpaired) electrons. The summed E-state index contributed by atoms with van der Waals surface area (Å²) >= 11 is 0. The third-order valence-electron chi connectivity index (χ3n) is 1.06. The number of nitrogens with zero attached hydrogens (tertiary/aromatic N) is 2. The molecular formula is C7H14N2O. The van der Waals surface area contributed by atoms with E-state index in [-0.39, 0.29) is 0 Å². The lowest BCUT2D eigenvalue weighted by Crippen LogP contribution is -2.17. The third-order valence-corrected chi connectivity index (χ3v) is 1.06. The molecule has 0 saturated carbocycles. The van der Waals surface area contributed by atoms with Crippen molar-refractivity contribution >= 4 is 12.6 Å². The molecular weight excluding hydrogens is 128 g/mol. The third kappa shape index (κ3) is 5.28. The van der Waals surface area contributed by atoms with E-state index in [2.05, 4.69) is 4.99 Å². The van der Waals surface area contributed by atoms with Crippen molar-refractivity contribution in [3.63, 3.8) is 0 Å². The number of hydrogen-bond donors (Lipinski definition) is 0. The lowest BCUT2D eigenvalue weighted by Gasteiger charge is -2.09. The van der Waals surface area contributed by atoms with Crippen LogP contribution in [-0.2, 0) is 4.79 Å². The fraction of sp³-hybridized carbons (Fsp3) is 0.714. The van der Waals surface area contributed by atoms with E-state index in [4.69, 9.17) is 0 Å². The van der Waals surface area contributed by atoms with Gasteiger partial charge in [0.15, 0.2) is 0 Å². The lowest BCUT2D eigenvalue weighted by atomic mass is 10.4. The zero-order valence-electron chi connectivity index (χ0n) is 6.58. The van der Waals surface area contributed by atoms with Crippen LogP contribution in [0.1, 0.15) is 13.3 Å². The Kier molecular flexibility index (Phi) is 5.72. The maximum absolute atomic E-state index is 9.91. The summed E-state index contributed by atoms with van der Waals surface area (Å²) in [7, 11) is 1.91. The van der Waals surface area contributed by atoms with Crippen molar-refractivity contribution in [1.82, 2.24) is 4.90 Å². The molecule has 0 atom stereocenters. The molecule has 0 unspecified atom stereocenters. The van der Waals surface area contributed by atoms with Crippen molar-refractivity contribution in [2.24, 2.45) is 4.99 Å². The highest BCUT2D eigenvalue weighted by molar-refractivity contribution is 5.56. The maximum Gasteiger partial charge on any atom is 0.121 e. The monoisotopic (exact) mass is 142 g/mol. The van der Waals surface area contributed by atoms with Crippen molar-refractivity contribution in [3.05, 3.63) is 0 Å². The Balaban J connectivity index is 3.32. The predicted octanol–water partition coefficient (Wildman–Crippen LogP) is 0.555. The molecule has 10 heavy (non-hydrogen) atoms. The highest BCUT2D eigenvalue weighted by atomic mass is 16.1. The van der Waals surface area contributed by atoms with Crippen LogP contribution >= 0.6 is 0 Å². The first-order valence-corrected chi connectivity index (χ1v) is 3.45. The van der Waals surface area contributed by atoms with Gasteiger partial charge in [0, 0.05) is 26.6 Å². The molecule has 3 heteroatoms. The fourth-order valence-corrected chi connectivity index (χ4v) is 0.535. The van der Waals surface area contributed by atoms with Crippen molar-refractivity contribution in [3.8, 4) is 0 Å². The summed E-state index contributed by atoms with van der Waals surface area (Å²) in [6.07, 6.45) is 3.24. The summed E-state index contributed by atoms with van der Waals surface area (Å²) in [6, 6.07) is 0. The quantitative estimate of drug-likeness (QED) is 0.319. The van der Waals surface area contributed by atoms with E-state index in [9.17, 15) is 4.79 Å². The smallest absolute Gasteiger partial charge is 0.121 e. The van der Waals surface area contributed by atoms with Gasteiger partial charge >= 0.3 is 0 Å². The van der Waals surface area contributed by atoms with Crippen LogP contribution in [0.25, 0.3) is 0 Å². The zero-order valence-corrected chi connectivity index (χ0v) is 6.58. The molecule has 0 bridgehead atoms. The Morgan fingerprint density at radius 3 is 2.80 bits per heavy atom. The molecule has 0 N–H and O–H groups in total. The van der Waals surface area contributed by atoms with E-state index in [1.807, 2.05) is 18.9 Å². The second-order valence-electron chi connectivity index (χ2n) is 2.05. The molecule has 0 aromatic rings. The summed E-state index contributed by atoms with van der Waals surface area (Å²) in [5, 5.41) is 0. The van der Waals surface area contributed by atoms with Crippen molar-refractivity contribution < 1.29 is 4.79 Å². The summed E-state index contributed by atoms with van der Waals surface area (Å²) in [6.45, 7) is 3.53. The van der Waals surface area contributed by atoms with Gasteiger partial charge in [0.2, 0.25) is 0 Å². The number of carbonyl (C=O) groups is 1. The van der Waals surface area contributed by atoms with Gasteiger partial charge in [0.25, 0.3) is 0 Å². The molecule has 0 aliphatic rings. The number of aliphatic imine (C=N–C) groups is 1. The Morgan fingerprint density at radius 2 is 2.30 bits per heavy atom. The minimum atomic E-state index is 0.576. The van der Waals surface area contributed by atoms with Gasteiger partial charge in [-0.1, -0.05) is 0 Å². The van der Waals surface area contributed by atoms with Crippen LogP contribution in [0.3, 0.4) is 0 Å². The maximum atomic E-state index is 9.91. The summed E-state index contributed by atoms with van der Waals surface area (Å²) in [5.74, 6) is 0. The van der Waals surface area contributed by atoms with Crippen LogP contribution in [0.5, 0.6) is 0 Å². The van der Waals surface area contributed by atoms with Crippen LogP contribution in [0.2, 0.25) is 0 Å². The van der Waals surface area contributed by atoms with Gasteiger partial charge in [-0.2, -0.15) is 0 Å². The molecule has 0 heterocycles. The zero-order chi connectivity index (χ0) is 7.82. The lowest BCUT2D eigenvalue weighted by molar-refractivity contribution is -0.107. The molecule has 0 aromatic heterocycles. The molecule has 0 fully saturated rings. The van der Waals surface area contributed by atoms with Crippen LogP contribution in [0.15, 0.2) is 4.99 Å². The van der Waals surface area contributed by atoms with Crippen LogP contribution < -0.4 is 0 Å². The Hall–Kier alpha value is -0.860. The summed E-state index contributed by atoms with van der Waals surface area (Å²) in [4.78, 5) is 15.8. The van der Waals surface area contributed by atoms with E-state index in [0.717, 1.165) is 19.4 Å². The standard InChI is InChI=1S/C7H14N2O/c1-3-8-7-9(2)5-4-6-10/h6-7H,3-5H2,1-2H3/b8-7-. The number of rotatable bonds is 5. The van der Waals surface area contributed by atoms with E-state index >= 15 is 0 Å². The molecule has 0 aliphatic heterocycles. The van der Waals surface area contributed by atoms with Crippen molar-refractivity contribution in [2.75, 3.05) is 20.1 Å². The molecule has 0 spiro atoms. The molecule has 0 aromatic carbocycles. The largest absolute Gasteiger partial charge is 0.366 e. The van der Waals surface area contributed by atoms with Gasteiger partial charge in [-0.05, 0) is 6.92 Å². The first kappa shape index (κ1) is 9.14. The van der Waals surface area contributed by atoms with E-state index in [0.29, 0.717) is 6.42 Å². The van der Waals surface area contributed by atoms with Gasteiger partial charge in [0.1, 0.15) is 6.29 Å². The average molecular weight is 142 g/mol. The van der Waals surface area contributed by atoms with Gasteiger partial charge in [-0.25, -0.2) is 0 Å². The average Bonchev–Trinajstić information content (AvgIpc) is 1.97. The molecule has 0 aliphatic carbocycles. The normalized spacial score (nSPS) is 10.2. The Morgan fingerprint density at radius 1 is 1.60 bits per heavy atom. The number of aldehydes is 1. The number of hydrogen-bond acceptors (Lipinski definition) is 2. The van der Waals surface area contributed by atoms with Crippen molar-refractivity contribution in [1.29, 1.82) is 0 Å². The summed E-state index contributed by atoms with van der Waals surface area (Å²) in [5.41, 5.74) is 0. The van der Waals surface area contributed by atoms with E-state index < -0.39 is 0 Å².